The van der Waals surface area contributed by atoms with E-state index in [0.717, 1.165) is 18.4 Å². The largest absolute Gasteiger partial charge is 0.370 e. The van der Waals surface area contributed by atoms with Gasteiger partial charge in [0.2, 0.25) is 5.91 Å². The summed E-state index contributed by atoms with van der Waals surface area (Å²) in [6.45, 7) is 2.42. The molecule has 0 heterocycles. The standard InChI is InChI=1S/C16H23N3O2/c1-11(19-16(21)18-9-3-6-15(17)20)13-8-7-12-4-2-5-14(12)10-13/h7-8,10-11H,2-6,9H2,1H3,(H2,17,20)(H2,18,19,21)/t11-/m0/s1. The Hall–Kier alpha value is -2.04. The maximum Gasteiger partial charge on any atom is 0.315 e. The summed E-state index contributed by atoms with van der Waals surface area (Å²) in [4.78, 5) is 22.4. The van der Waals surface area contributed by atoms with E-state index in [-0.39, 0.29) is 18.0 Å². The Morgan fingerprint density at radius 3 is 2.81 bits per heavy atom. The first kappa shape index (κ1) is 15.4. The van der Waals surface area contributed by atoms with Gasteiger partial charge < -0.3 is 16.4 Å². The minimum absolute atomic E-state index is 0.0351. The predicted octanol–water partition coefficient (Wildman–Crippen LogP) is 1.80. The fraction of sp³-hybridized carbons (Fsp3) is 0.500. The van der Waals surface area contributed by atoms with Crippen molar-refractivity contribution in [1.82, 2.24) is 10.6 Å². The van der Waals surface area contributed by atoms with E-state index in [1.54, 1.807) is 0 Å². The van der Waals surface area contributed by atoms with Crippen molar-refractivity contribution in [3.8, 4) is 0 Å². The van der Waals surface area contributed by atoms with Gasteiger partial charge in [-0.1, -0.05) is 18.2 Å². The SMILES string of the molecule is C[C@H](NC(=O)NCCCC(N)=O)c1ccc2c(c1)CCC2. The summed E-state index contributed by atoms with van der Waals surface area (Å²) in [5.41, 5.74) is 9.01. The van der Waals surface area contributed by atoms with Crippen LogP contribution in [0.2, 0.25) is 0 Å². The number of carbonyl (C=O) groups is 2. The second kappa shape index (κ2) is 7.11. The topological polar surface area (TPSA) is 84.2 Å². The third kappa shape index (κ3) is 4.48. The summed E-state index contributed by atoms with van der Waals surface area (Å²) in [6, 6.07) is 6.20. The van der Waals surface area contributed by atoms with Crippen LogP contribution in [0.4, 0.5) is 4.79 Å². The van der Waals surface area contributed by atoms with Crippen LogP contribution in [0.5, 0.6) is 0 Å². The Bertz CT molecular complexity index is 528. The molecule has 1 atom stereocenters. The molecule has 0 unspecified atom stereocenters. The molecule has 1 aliphatic carbocycles. The minimum Gasteiger partial charge on any atom is -0.370 e. The fourth-order valence-corrected chi connectivity index (χ4v) is 2.66. The van der Waals surface area contributed by atoms with Crippen LogP contribution >= 0.6 is 0 Å². The zero-order valence-corrected chi connectivity index (χ0v) is 12.4. The molecule has 2 rings (SSSR count). The monoisotopic (exact) mass is 289 g/mol. The van der Waals surface area contributed by atoms with Crippen LogP contribution in [0, 0.1) is 0 Å². The molecular weight excluding hydrogens is 266 g/mol. The highest BCUT2D eigenvalue weighted by atomic mass is 16.2. The molecule has 1 aliphatic rings. The van der Waals surface area contributed by atoms with Crippen LogP contribution in [-0.4, -0.2) is 18.5 Å². The lowest BCUT2D eigenvalue weighted by Crippen LogP contribution is -2.37. The number of urea groups is 1. The van der Waals surface area contributed by atoms with Crippen LogP contribution in [-0.2, 0) is 17.6 Å². The third-order valence-electron chi connectivity index (χ3n) is 3.86. The van der Waals surface area contributed by atoms with Crippen LogP contribution in [0.25, 0.3) is 0 Å². The van der Waals surface area contributed by atoms with Crippen molar-refractivity contribution >= 4 is 11.9 Å². The maximum atomic E-state index is 11.8. The zero-order valence-electron chi connectivity index (χ0n) is 12.4. The second-order valence-corrected chi connectivity index (χ2v) is 5.57. The molecule has 114 valence electrons. The summed E-state index contributed by atoms with van der Waals surface area (Å²) >= 11 is 0. The molecule has 0 aliphatic heterocycles. The number of hydrogen-bond donors (Lipinski definition) is 3. The van der Waals surface area contributed by atoms with E-state index in [9.17, 15) is 9.59 Å². The number of fused-ring (bicyclic) bond motifs is 1. The van der Waals surface area contributed by atoms with Crippen molar-refractivity contribution in [2.24, 2.45) is 5.73 Å². The molecule has 0 aromatic heterocycles. The predicted molar refractivity (Wildman–Crippen MR) is 81.8 cm³/mol. The molecular formula is C16H23N3O2. The molecule has 0 bridgehead atoms. The Labute approximate surface area is 125 Å². The Morgan fingerprint density at radius 1 is 1.29 bits per heavy atom. The summed E-state index contributed by atoms with van der Waals surface area (Å²) in [5.74, 6) is -0.344. The number of nitrogens with two attached hydrogens (primary N) is 1. The number of aryl methyl sites for hydroxylation is 2. The van der Waals surface area contributed by atoms with Gasteiger partial charge in [-0.15, -0.1) is 0 Å². The van der Waals surface area contributed by atoms with Crippen molar-refractivity contribution in [2.45, 2.75) is 45.1 Å². The van der Waals surface area contributed by atoms with Gasteiger partial charge in [0, 0.05) is 13.0 Å². The first-order chi connectivity index (χ1) is 10.1. The number of benzene rings is 1. The smallest absolute Gasteiger partial charge is 0.315 e. The van der Waals surface area contributed by atoms with Gasteiger partial charge in [0.15, 0.2) is 0 Å². The quantitative estimate of drug-likeness (QED) is 0.698. The molecule has 0 radical (unpaired) electrons. The lowest BCUT2D eigenvalue weighted by molar-refractivity contribution is -0.118. The van der Waals surface area contributed by atoms with E-state index in [1.807, 2.05) is 6.92 Å². The van der Waals surface area contributed by atoms with Crippen LogP contribution in [0.1, 0.15) is 48.9 Å². The zero-order chi connectivity index (χ0) is 15.2. The van der Waals surface area contributed by atoms with Crippen molar-refractivity contribution in [1.29, 1.82) is 0 Å². The number of rotatable bonds is 6. The summed E-state index contributed by atoms with van der Waals surface area (Å²) in [6.07, 6.45) is 4.38. The van der Waals surface area contributed by atoms with Crippen molar-refractivity contribution in [3.05, 3.63) is 34.9 Å². The summed E-state index contributed by atoms with van der Waals surface area (Å²) in [7, 11) is 0. The molecule has 3 amide bonds. The molecule has 4 N–H and O–H groups in total. The molecule has 21 heavy (non-hydrogen) atoms. The molecule has 0 spiro atoms. The van der Waals surface area contributed by atoms with Crippen molar-refractivity contribution in [2.75, 3.05) is 6.54 Å². The van der Waals surface area contributed by atoms with Gasteiger partial charge >= 0.3 is 6.03 Å². The molecule has 5 heteroatoms. The van der Waals surface area contributed by atoms with Gasteiger partial charge in [-0.3, -0.25) is 4.79 Å². The van der Waals surface area contributed by atoms with Gasteiger partial charge in [-0.2, -0.15) is 0 Å². The molecule has 0 saturated heterocycles. The highest BCUT2D eigenvalue weighted by Gasteiger charge is 2.14. The number of nitrogens with one attached hydrogen (secondary N) is 2. The van der Waals surface area contributed by atoms with Gasteiger partial charge in [-0.05, 0) is 49.3 Å². The van der Waals surface area contributed by atoms with Crippen molar-refractivity contribution in [3.63, 3.8) is 0 Å². The second-order valence-electron chi connectivity index (χ2n) is 5.57. The van der Waals surface area contributed by atoms with Gasteiger partial charge in [0.25, 0.3) is 0 Å². The van der Waals surface area contributed by atoms with E-state index < -0.39 is 0 Å². The first-order valence-electron chi connectivity index (χ1n) is 7.50. The maximum absolute atomic E-state index is 11.8. The van der Waals surface area contributed by atoms with Crippen LogP contribution in [0.3, 0.4) is 0 Å². The highest BCUT2D eigenvalue weighted by molar-refractivity contribution is 5.75. The van der Waals surface area contributed by atoms with Gasteiger partial charge in [-0.25, -0.2) is 4.79 Å². The average Bonchev–Trinajstić information content (AvgIpc) is 2.90. The molecule has 0 fully saturated rings. The van der Waals surface area contributed by atoms with E-state index in [2.05, 4.69) is 28.8 Å². The van der Waals surface area contributed by atoms with E-state index in [0.29, 0.717) is 19.4 Å². The van der Waals surface area contributed by atoms with E-state index in [4.69, 9.17) is 5.73 Å². The van der Waals surface area contributed by atoms with E-state index in [1.165, 1.54) is 17.5 Å². The van der Waals surface area contributed by atoms with E-state index >= 15 is 0 Å². The number of primary amides is 1. The molecule has 5 nitrogen and oxygen atoms in total. The lowest BCUT2D eigenvalue weighted by Gasteiger charge is -2.16. The first-order valence-corrected chi connectivity index (χ1v) is 7.50. The molecule has 1 aromatic carbocycles. The number of carbonyl (C=O) groups excluding carboxylic acids is 2. The average molecular weight is 289 g/mol. The van der Waals surface area contributed by atoms with Gasteiger partial charge in [0.05, 0.1) is 6.04 Å². The Balaban J connectivity index is 1.79. The molecule has 1 aromatic rings. The molecule has 0 saturated carbocycles. The number of hydrogen-bond acceptors (Lipinski definition) is 2. The van der Waals surface area contributed by atoms with Crippen molar-refractivity contribution < 1.29 is 9.59 Å². The Kier molecular flexibility index (Phi) is 5.20. The fourth-order valence-electron chi connectivity index (χ4n) is 2.66. The summed E-state index contributed by atoms with van der Waals surface area (Å²) in [5, 5.41) is 5.64. The highest BCUT2D eigenvalue weighted by Crippen LogP contribution is 2.25. The third-order valence-corrected chi connectivity index (χ3v) is 3.86. The Morgan fingerprint density at radius 2 is 2.05 bits per heavy atom. The number of amides is 3. The lowest BCUT2D eigenvalue weighted by atomic mass is 10.0. The summed E-state index contributed by atoms with van der Waals surface area (Å²) < 4.78 is 0. The normalized spacial score (nSPS) is 14.3. The van der Waals surface area contributed by atoms with Crippen LogP contribution in [0.15, 0.2) is 18.2 Å². The minimum atomic E-state index is -0.344. The van der Waals surface area contributed by atoms with Crippen LogP contribution < -0.4 is 16.4 Å². The van der Waals surface area contributed by atoms with Gasteiger partial charge in [0.1, 0.15) is 0 Å².